The van der Waals surface area contributed by atoms with E-state index in [-0.39, 0.29) is 5.91 Å². The minimum atomic E-state index is -0.0777. The zero-order valence-electron chi connectivity index (χ0n) is 12.8. The Bertz CT molecular complexity index is 721. The first-order valence-corrected chi connectivity index (χ1v) is 7.65. The van der Waals surface area contributed by atoms with Crippen LogP contribution in [-0.2, 0) is 4.79 Å². The standard InChI is InChI=1S/C18H17ClN2O2/c1-13-11-15(19)6-9-17(13)23-10-2-3-18(22)21-16-7-4-14(12-20)5-8-16/h4-9,11H,2-3,10H2,1H3,(H,21,22). The van der Waals surface area contributed by atoms with Gasteiger partial charge in [0.1, 0.15) is 5.75 Å². The van der Waals surface area contributed by atoms with Crippen LogP contribution in [0.3, 0.4) is 0 Å². The van der Waals surface area contributed by atoms with E-state index in [2.05, 4.69) is 5.32 Å². The molecule has 0 aromatic heterocycles. The van der Waals surface area contributed by atoms with E-state index in [0.29, 0.717) is 35.7 Å². The molecule has 2 rings (SSSR count). The molecule has 5 heteroatoms. The molecule has 0 atom stereocenters. The van der Waals surface area contributed by atoms with Crippen LogP contribution in [0, 0.1) is 18.3 Å². The van der Waals surface area contributed by atoms with Crippen molar-refractivity contribution in [3.63, 3.8) is 0 Å². The molecular formula is C18H17ClN2O2. The normalized spacial score (nSPS) is 9.96. The number of carbonyl (C=O) groups is 1. The summed E-state index contributed by atoms with van der Waals surface area (Å²) in [7, 11) is 0. The number of hydrogen-bond donors (Lipinski definition) is 1. The largest absolute Gasteiger partial charge is 0.493 e. The summed E-state index contributed by atoms with van der Waals surface area (Å²) in [6.07, 6.45) is 0.983. The van der Waals surface area contributed by atoms with Crippen LogP contribution in [-0.4, -0.2) is 12.5 Å². The lowest BCUT2D eigenvalue weighted by atomic mass is 10.2. The van der Waals surface area contributed by atoms with Crippen LogP contribution in [0.1, 0.15) is 24.0 Å². The fourth-order valence-corrected chi connectivity index (χ4v) is 2.27. The SMILES string of the molecule is Cc1cc(Cl)ccc1OCCCC(=O)Nc1ccc(C#N)cc1. The molecule has 0 saturated carbocycles. The number of rotatable bonds is 6. The summed E-state index contributed by atoms with van der Waals surface area (Å²) in [5, 5.41) is 12.2. The van der Waals surface area contributed by atoms with Gasteiger partial charge in [-0.15, -0.1) is 0 Å². The zero-order chi connectivity index (χ0) is 16.7. The van der Waals surface area contributed by atoms with Crippen molar-refractivity contribution in [1.29, 1.82) is 5.26 Å². The van der Waals surface area contributed by atoms with Crippen molar-refractivity contribution in [3.05, 3.63) is 58.6 Å². The molecule has 0 aliphatic rings. The summed E-state index contributed by atoms with van der Waals surface area (Å²) >= 11 is 5.89. The highest BCUT2D eigenvalue weighted by molar-refractivity contribution is 6.30. The summed E-state index contributed by atoms with van der Waals surface area (Å²) in [5.74, 6) is 0.702. The van der Waals surface area contributed by atoms with Gasteiger partial charge in [0.15, 0.2) is 0 Å². The maximum Gasteiger partial charge on any atom is 0.224 e. The number of nitrogens with zero attached hydrogens (tertiary/aromatic N) is 1. The lowest BCUT2D eigenvalue weighted by molar-refractivity contribution is -0.116. The lowest BCUT2D eigenvalue weighted by Gasteiger charge is -2.09. The molecule has 0 spiro atoms. The van der Waals surface area contributed by atoms with Crippen LogP contribution in [0.5, 0.6) is 5.75 Å². The minimum absolute atomic E-state index is 0.0777. The van der Waals surface area contributed by atoms with Crippen LogP contribution in [0.2, 0.25) is 5.02 Å². The molecule has 0 saturated heterocycles. The smallest absolute Gasteiger partial charge is 0.224 e. The first-order chi connectivity index (χ1) is 11.1. The molecule has 0 bridgehead atoms. The van der Waals surface area contributed by atoms with E-state index in [1.54, 1.807) is 30.3 Å². The first kappa shape index (κ1) is 16.9. The van der Waals surface area contributed by atoms with Gasteiger partial charge in [-0.1, -0.05) is 11.6 Å². The molecule has 2 aromatic rings. The Morgan fingerprint density at radius 2 is 2.00 bits per heavy atom. The number of hydrogen-bond acceptors (Lipinski definition) is 3. The summed E-state index contributed by atoms with van der Waals surface area (Å²) < 4.78 is 5.65. The average molecular weight is 329 g/mol. The molecule has 1 amide bonds. The van der Waals surface area contributed by atoms with Crippen molar-refractivity contribution in [3.8, 4) is 11.8 Å². The van der Waals surface area contributed by atoms with Gasteiger partial charge in [-0.05, 0) is 61.4 Å². The van der Waals surface area contributed by atoms with Crippen LogP contribution >= 0.6 is 11.6 Å². The van der Waals surface area contributed by atoms with Crippen LogP contribution < -0.4 is 10.1 Å². The van der Waals surface area contributed by atoms with Gasteiger partial charge in [0.25, 0.3) is 0 Å². The second-order valence-electron chi connectivity index (χ2n) is 5.10. The third-order valence-corrected chi connectivity index (χ3v) is 3.48. The monoisotopic (exact) mass is 328 g/mol. The number of halogens is 1. The van der Waals surface area contributed by atoms with E-state index < -0.39 is 0 Å². The highest BCUT2D eigenvalue weighted by Gasteiger charge is 2.04. The molecule has 0 aliphatic heterocycles. The molecule has 0 heterocycles. The predicted octanol–water partition coefficient (Wildman–Crippen LogP) is 4.32. The molecule has 4 nitrogen and oxygen atoms in total. The molecule has 0 radical (unpaired) electrons. The van der Waals surface area contributed by atoms with Gasteiger partial charge in [-0.2, -0.15) is 5.26 Å². The number of carbonyl (C=O) groups excluding carboxylic acids is 1. The molecule has 0 unspecified atom stereocenters. The molecule has 118 valence electrons. The summed E-state index contributed by atoms with van der Waals surface area (Å²) in [6.45, 7) is 2.39. The summed E-state index contributed by atoms with van der Waals surface area (Å²) in [4.78, 5) is 11.8. The number of anilines is 1. The van der Waals surface area contributed by atoms with Crippen molar-refractivity contribution >= 4 is 23.2 Å². The van der Waals surface area contributed by atoms with E-state index >= 15 is 0 Å². The maximum absolute atomic E-state index is 11.8. The van der Waals surface area contributed by atoms with Gasteiger partial charge >= 0.3 is 0 Å². The Balaban J connectivity index is 1.73. The number of benzene rings is 2. The number of nitriles is 1. The van der Waals surface area contributed by atoms with Crippen LogP contribution in [0.4, 0.5) is 5.69 Å². The van der Waals surface area contributed by atoms with Crippen molar-refractivity contribution in [2.75, 3.05) is 11.9 Å². The number of amides is 1. The van der Waals surface area contributed by atoms with E-state index in [9.17, 15) is 4.79 Å². The predicted molar refractivity (Wildman–Crippen MR) is 90.7 cm³/mol. The average Bonchev–Trinajstić information content (AvgIpc) is 2.54. The van der Waals surface area contributed by atoms with Crippen molar-refractivity contribution in [1.82, 2.24) is 0 Å². The molecule has 23 heavy (non-hydrogen) atoms. The van der Waals surface area contributed by atoms with Gasteiger partial charge in [0, 0.05) is 17.1 Å². The third kappa shape index (κ3) is 5.32. The maximum atomic E-state index is 11.8. The highest BCUT2D eigenvalue weighted by atomic mass is 35.5. The molecular weight excluding hydrogens is 312 g/mol. The van der Waals surface area contributed by atoms with Gasteiger partial charge in [0.05, 0.1) is 18.2 Å². The molecule has 2 aromatic carbocycles. The Labute approximate surface area is 140 Å². The van der Waals surface area contributed by atoms with Gasteiger partial charge in [-0.3, -0.25) is 4.79 Å². The van der Waals surface area contributed by atoms with E-state index in [1.807, 2.05) is 25.1 Å². The molecule has 1 N–H and O–H groups in total. The number of nitrogens with one attached hydrogen (secondary N) is 1. The topological polar surface area (TPSA) is 62.1 Å². The Morgan fingerprint density at radius 3 is 2.65 bits per heavy atom. The summed E-state index contributed by atoms with van der Waals surface area (Å²) in [5.41, 5.74) is 2.22. The van der Waals surface area contributed by atoms with Gasteiger partial charge in [-0.25, -0.2) is 0 Å². The Hall–Kier alpha value is -2.51. The molecule has 0 aliphatic carbocycles. The first-order valence-electron chi connectivity index (χ1n) is 7.27. The zero-order valence-corrected chi connectivity index (χ0v) is 13.6. The van der Waals surface area contributed by atoms with Crippen molar-refractivity contribution in [2.45, 2.75) is 19.8 Å². The van der Waals surface area contributed by atoms with Gasteiger partial charge < -0.3 is 10.1 Å². The highest BCUT2D eigenvalue weighted by Crippen LogP contribution is 2.22. The Morgan fingerprint density at radius 1 is 1.26 bits per heavy atom. The van der Waals surface area contributed by atoms with Crippen LogP contribution in [0.25, 0.3) is 0 Å². The van der Waals surface area contributed by atoms with Crippen LogP contribution in [0.15, 0.2) is 42.5 Å². The van der Waals surface area contributed by atoms with Crippen molar-refractivity contribution in [2.24, 2.45) is 0 Å². The molecule has 0 fully saturated rings. The number of aryl methyl sites for hydroxylation is 1. The second kappa shape index (κ2) is 8.21. The Kier molecular flexibility index (Phi) is 6.02. The second-order valence-corrected chi connectivity index (χ2v) is 5.54. The fraction of sp³-hybridized carbons (Fsp3) is 0.222. The lowest BCUT2D eigenvalue weighted by Crippen LogP contribution is -2.12. The van der Waals surface area contributed by atoms with Gasteiger partial charge in [0.2, 0.25) is 5.91 Å². The summed E-state index contributed by atoms with van der Waals surface area (Å²) in [6, 6.07) is 14.2. The fourth-order valence-electron chi connectivity index (χ4n) is 2.04. The minimum Gasteiger partial charge on any atom is -0.493 e. The van der Waals surface area contributed by atoms with Crippen molar-refractivity contribution < 1.29 is 9.53 Å². The van der Waals surface area contributed by atoms with E-state index in [4.69, 9.17) is 21.6 Å². The third-order valence-electron chi connectivity index (χ3n) is 3.24. The van der Waals surface area contributed by atoms with E-state index in [1.165, 1.54) is 0 Å². The quantitative estimate of drug-likeness (QED) is 0.803. The number of ether oxygens (including phenoxy) is 1. The van der Waals surface area contributed by atoms with E-state index in [0.717, 1.165) is 11.3 Å².